The number of carbonyl (C=O) groups is 1. The molecule has 7 heteroatoms. The first kappa shape index (κ1) is 13.0. The first-order chi connectivity index (χ1) is 8.97. The molecule has 0 atom stereocenters. The van der Waals surface area contributed by atoms with Crippen molar-refractivity contribution in [3.63, 3.8) is 0 Å². The predicted octanol–water partition coefficient (Wildman–Crippen LogP) is 1.60. The lowest BCUT2D eigenvalue weighted by Crippen LogP contribution is -2.33. The van der Waals surface area contributed by atoms with Crippen molar-refractivity contribution in [1.82, 2.24) is 4.72 Å². The van der Waals surface area contributed by atoms with Crippen LogP contribution in [0.4, 0.5) is 0 Å². The van der Waals surface area contributed by atoms with Crippen LogP contribution < -0.4 is 4.72 Å². The minimum atomic E-state index is -3.49. The quantitative estimate of drug-likeness (QED) is 0.797. The second kappa shape index (κ2) is 4.55. The van der Waals surface area contributed by atoms with Gasteiger partial charge in [0.2, 0.25) is 10.0 Å². The van der Waals surface area contributed by atoms with Gasteiger partial charge < -0.3 is 0 Å². The Balaban J connectivity index is 1.82. The van der Waals surface area contributed by atoms with Crippen LogP contribution in [0.25, 0.3) is 0 Å². The fourth-order valence-electron chi connectivity index (χ4n) is 1.96. The van der Waals surface area contributed by atoms with E-state index in [-0.39, 0.29) is 0 Å². The van der Waals surface area contributed by atoms with E-state index in [1.165, 1.54) is 0 Å². The molecule has 0 bridgehead atoms. The van der Waals surface area contributed by atoms with Crippen molar-refractivity contribution in [3.8, 4) is 0 Å². The molecule has 1 aliphatic carbocycles. The molecule has 1 saturated carbocycles. The van der Waals surface area contributed by atoms with Gasteiger partial charge in [0.15, 0.2) is 0 Å². The summed E-state index contributed by atoms with van der Waals surface area (Å²) in [5.74, 6) is -0.559. The third kappa shape index (κ3) is 2.53. The van der Waals surface area contributed by atoms with Gasteiger partial charge in [0.1, 0.15) is 3.72 Å². The summed E-state index contributed by atoms with van der Waals surface area (Å²) in [5, 5.41) is -0.393. The number of rotatable bonds is 3. The highest BCUT2D eigenvalue weighted by Crippen LogP contribution is 2.28. The van der Waals surface area contributed by atoms with E-state index in [0.29, 0.717) is 24.9 Å². The number of fused-ring (bicyclic) bond motifs is 1. The van der Waals surface area contributed by atoms with E-state index in [2.05, 4.69) is 32.3 Å². The first-order valence-electron chi connectivity index (χ1n) is 5.86. The SMILES string of the molecule is O=C(NS(=O)(=O)C1CC1)c1ccc2c(c1)CN=C2I. The van der Waals surface area contributed by atoms with Crippen molar-refractivity contribution in [3.05, 3.63) is 34.9 Å². The van der Waals surface area contributed by atoms with Gasteiger partial charge in [-0.1, -0.05) is 6.07 Å². The lowest BCUT2D eigenvalue weighted by atomic mass is 10.1. The van der Waals surface area contributed by atoms with Crippen LogP contribution in [0.15, 0.2) is 23.2 Å². The van der Waals surface area contributed by atoms with Crippen molar-refractivity contribution in [2.45, 2.75) is 24.6 Å². The standard InChI is InChI=1S/C12H11IN2O3S/c13-11-10-4-1-7(5-8(10)6-14-11)12(16)15-19(17,18)9-2-3-9/h1,4-5,9H,2-3,6H2,(H,15,16). The lowest BCUT2D eigenvalue weighted by Gasteiger charge is -2.07. The minimum absolute atomic E-state index is 0.365. The normalized spacial score (nSPS) is 17.8. The van der Waals surface area contributed by atoms with Gasteiger partial charge in [-0.2, -0.15) is 0 Å². The highest BCUT2D eigenvalue weighted by Gasteiger charge is 2.37. The molecule has 1 aliphatic heterocycles. The number of hydrogen-bond donors (Lipinski definition) is 1. The van der Waals surface area contributed by atoms with Crippen LogP contribution in [0.1, 0.15) is 34.3 Å². The molecule has 0 saturated heterocycles. The number of aliphatic imine (C=N–C) groups is 1. The van der Waals surface area contributed by atoms with Gasteiger partial charge in [0.25, 0.3) is 5.91 Å². The van der Waals surface area contributed by atoms with E-state index in [9.17, 15) is 13.2 Å². The van der Waals surface area contributed by atoms with Gasteiger partial charge in [-0.15, -0.1) is 0 Å². The van der Waals surface area contributed by atoms with Crippen LogP contribution >= 0.6 is 22.6 Å². The Bertz CT molecular complexity index is 693. The zero-order valence-electron chi connectivity index (χ0n) is 9.89. The predicted molar refractivity (Wildman–Crippen MR) is 80.1 cm³/mol. The zero-order valence-corrected chi connectivity index (χ0v) is 12.9. The topological polar surface area (TPSA) is 75.6 Å². The monoisotopic (exact) mass is 390 g/mol. The maximum absolute atomic E-state index is 11.9. The number of halogens is 1. The molecular weight excluding hydrogens is 379 g/mol. The molecule has 0 spiro atoms. The third-order valence-electron chi connectivity index (χ3n) is 3.18. The first-order valence-corrected chi connectivity index (χ1v) is 8.49. The van der Waals surface area contributed by atoms with Crippen LogP contribution in [0.5, 0.6) is 0 Å². The number of amides is 1. The highest BCUT2D eigenvalue weighted by molar-refractivity contribution is 14.1. The molecule has 2 aliphatic rings. The molecule has 3 rings (SSSR count). The summed E-state index contributed by atoms with van der Waals surface area (Å²) >= 11 is 2.15. The van der Waals surface area contributed by atoms with Crippen LogP contribution in [0.3, 0.4) is 0 Å². The molecule has 19 heavy (non-hydrogen) atoms. The molecule has 1 fully saturated rings. The molecule has 0 aromatic heterocycles. The van der Waals surface area contributed by atoms with Crippen LogP contribution in [0, 0.1) is 0 Å². The summed E-state index contributed by atoms with van der Waals surface area (Å²) in [4.78, 5) is 16.2. The Morgan fingerprint density at radius 1 is 1.37 bits per heavy atom. The molecule has 1 amide bonds. The second-order valence-electron chi connectivity index (χ2n) is 4.65. The Morgan fingerprint density at radius 3 is 2.79 bits per heavy atom. The van der Waals surface area contributed by atoms with Crippen molar-refractivity contribution in [1.29, 1.82) is 0 Å². The van der Waals surface area contributed by atoms with Crippen molar-refractivity contribution in [2.24, 2.45) is 4.99 Å². The molecule has 1 aromatic rings. The number of nitrogens with zero attached hydrogens (tertiary/aromatic N) is 1. The summed E-state index contributed by atoms with van der Waals surface area (Å²) in [6, 6.07) is 5.16. The third-order valence-corrected chi connectivity index (χ3v) is 5.92. The van der Waals surface area contributed by atoms with Crippen LogP contribution in [-0.2, 0) is 16.6 Å². The number of carbonyl (C=O) groups excluding carboxylic acids is 1. The maximum atomic E-state index is 11.9. The van der Waals surface area contributed by atoms with E-state index < -0.39 is 21.2 Å². The number of hydrogen-bond acceptors (Lipinski definition) is 4. The van der Waals surface area contributed by atoms with Gasteiger partial charge in [0.05, 0.1) is 11.8 Å². The van der Waals surface area contributed by atoms with E-state index in [0.717, 1.165) is 14.8 Å². The van der Waals surface area contributed by atoms with Crippen LogP contribution in [0.2, 0.25) is 0 Å². The summed E-state index contributed by atoms with van der Waals surface area (Å²) in [5.41, 5.74) is 2.34. The van der Waals surface area contributed by atoms with E-state index in [4.69, 9.17) is 0 Å². The van der Waals surface area contributed by atoms with Gasteiger partial charge in [-0.3, -0.25) is 9.79 Å². The molecular formula is C12H11IN2O3S. The highest BCUT2D eigenvalue weighted by atomic mass is 127. The lowest BCUT2D eigenvalue weighted by molar-refractivity contribution is 0.0981. The van der Waals surface area contributed by atoms with Gasteiger partial charge in [0, 0.05) is 11.1 Å². The molecule has 0 unspecified atom stereocenters. The largest absolute Gasteiger partial charge is 0.273 e. The fraction of sp³-hybridized carbons (Fsp3) is 0.333. The molecule has 0 radical (unpaired) electrons. The summed E-state index contributed by atoms with van der Waals surface area (Å²) in [6.07, 6.45) is 1.28. The smallest absolute Gasteiger partial charge is 0.264 e. The number of sulfonamides is 1. The molecule has 5 nitrogen and oxygen atoms in total. The van der Waals surface area contributed by atoms with E-state index in [1.54, 1.807) is 12.1 Å². The Hall–Kier alpha value is -0.960. The summed E-state index contributed by atoms with van der Waals surface area (Å²) < 4.78 is 26.5. The van der Waals surface area contributed by atoms with Crippen molar-refractivity contribution >= 4 is 42.2 Å². The summed E-state index contributed by atoms with van der Waals surface area (Å²) in [6.45, 7) is 0.546. The second-order valence-corrected chi connectivity index (χ2v) is 7.64. The Kier molecular flexibility index (Phi) is 3.12. The van der Waals surface area contributed by atoms with Crippen molar-refractivity contribution < 1.29 is 13.2 Å². The molecule has 1 heterocycles. The fourth-order valence-corrected chi connectivity index (χ4v) is 3.95. The van der Waals surface area contributed by atoms with E-state index >= 15 is 0 Å². The molecule has 1 aromatic carbocycles. The average molecular weight is 390 g/mol. The Morgan fingerprint density at radius 2 is 2.11 bits per heavy atom. The maximum Gasteiger partial charge on any atom is 0.264 e. The van der Waals surface area contributed by atoms with Gasteiger partial charge in [-0.25, -0.2) is 13.1 Å². The number of benzene rings is 1. The molecule has 1 N–H and O–H groups in total. The van der Waals surface area contributed by atoms with Crippen molar-refractivity contribution in [2.75, 3.05) is 0 Å². The van der Waals surface area contributed by atoms with Gasteiger partial charge >= 0.3 is 0 Å². The van der Waals surface area contributed by atoms with Crippen LogP contribution in [-0.4, -0.2) is 23.3 Å². The number of nitrogens with one attached hydrogen (secondary N) is 1. The zero-order chi connectivity index (χ0) is 13.6. The van der Waals surface area contributed by atoms with E-state index in [1.807, 2.05) is 6.07 Å². The van der Waals surface area contributed by atoms with Gasteiger partial charge in [-0.05, 0) is 53.1 Å². The minimum Gasteiger partial charge on any atom is -0.273 e. The molecule has 100 valence electrons. The average Bonchev–Trinajstić information content (AvgIpc) is 3.15. The Labute approximate surface area is 124 Å². The summed E-state index contributed by atoms with van der Waals surface area (Å²) in [7, 11) is -3.49.